The van der Waals surface area contributed by atoms with Gasteiger partial charge in [-0.1, -0.05) is 29.8 Å². The first-order chi connectivity index (χ1) is 18.3. The van der Waals surface area contributed by atoms with Crippen molar-refractivity contribution in [3.05, 3.63) is 112 Å². The smallest absolute Gasteiger partial charge is 0.273 e. The first-order valence-electron chi connectivity index (χ1n) is 11.7. The second-order valence-corrected chi connectivity index (χ2v) is 8.56. The summed E-state index contributed by atoms with van der Waals surface area (Å²) in [5, 5.41) is 5.81. The Morgan fingerprint density at radius 1 is 1.00 bits per heavy atom. The predicted molar refractivity (Wildman–Crippen MR) is 139 cm³/mol. The Labute approximate surface area is 216 Å². The molecule has 0 spiro atoms. The van der Waals surface area contributed by atoms with Gasteiger partial charge in [-0.2, -0.15) is 0 Å². The quantitative estimate of drug-likeness (QED) is 0.358. The summed E-state index contributed by atoms with van der Waals surface area (Å²) in [7, 11) is 1.53. The number of carbonyl (C=O) groups excluding carboxylic acids is 2. The minimum Gasteiger partial charge on any atom is -0.455 e. The number of fused-ring (bicyclic) bond motifs is 1. The molecular formula is C28H22FN5O4. The Morgan fingerprint density at radius 3 is 2.50 bits per heavy atom. The van der Waals surface area contributed by atoms with Crippen molar-refractivity contribution in [1.29, 1.82) is 0 Å². The van der Waals surface area contributed by atoms with Crippen LogP contribution in [0.3, 0.4) is 0 Å². The lowest BCUT2D eigenvalue weighted by Crippen LogP contribution is -2.27. The van der Waals surface area contributed by atoms with Gasteiger partial charge in [-0.15, -0.1) is 0 Å². The van der Waals surface area contributed by atoms with E-state index in [1.165, 1.54) is 29.9 Å². The molecule has 0 aliphatic rings. The molecule has 10 heteroatoms. The van der Waals surface area contributed by atoms with E-state index in [9.17, 15) is 18.8 Å². The number of nitrogens with zero attached hydrogens (tertiary/aromatic N) is 3. The lowest BCUT2D eigenvalue weighted by Gasteiger charge is -2.09. The minimum atomic E-state index is -0.540. The summed E-state index contributed by atoms with van der Waals surface area (Å²) in [4.78, 5) is 46.1. The average Bonchev–Trinajstić information content (AvgIpc) is 3.31. The van der Waals surface area contributed by atoms with Crippen molar-refractivity contribution >= 4 is 22.8 Å². The third-order valence-electron chi connectivity index (χ3n) is 5.97. The number of benzene rings is 2. The van der Waals surface area contributed by atoms with Crippen LogP contribution < -0.4 is 16.2 Å². The Bertz CT molecular complexity index is 1720. The molecule has 5 aromatic rings. The number of carbonyl (C=O) groups is 2. The number of rotatable bonds is 6. The zero-order valence-corrected chi connectivity index (χ0v) is 20.5. The molecule has 2 amide bonds. The topological polar surface area (TPSA) is 119 Å². The molecule has 0 aliphatic heterocycles. The van der Waals surface area contributed by atoms with E-state index in [0.29, 0.717) is 33.7 Å². The number of hydrogen-bond acceptors (Lipinski definition) is 6. The zero-order chi connectivity index (χ0) is 26.8. The molecule has 9 nitrogen and oxygen atoms in total. The summed E-state index contributed by atoms with van der Waals surface area (Å²) in [6.07, 6.45) is 3.42. The van der Waals surface area contributed by atoms with Gasteiger partial charge in [0.1, 0.15) is 22.9 Å². The van der Waals surface area contributed by atoms with Crippen LogP contribution in [0.2, 0.25) is 0 Å². The standard InChI is InChI=1S/C28H22FN5O4/c1-16-3-5-17(6-4-16)26-25(28(37)30-2)21-11-20(9-10-23(21)38-26)34-15-22(32-14-24(34)35)27(36)33-13-19-8-7-18(29)12-31-19/h3-12,14-15H,13H2,1-2H3,(H,30,37)(H,33,36). The van der Waals surface area contributed by atoms with Gasteiger partial charge < -0.3 is 15.1 Å². The summed E-state index contributed by atoms with van der Waals surface area (Å²) in [6, 6.07) is 15.3. The van der Waals surface area contributed by atoms with E-state index in [0.717, 1.165) is 23.5 Å². The molecule has 0 atom stereocenters. The van der Waals surface area contributed by atoms with Crippen molar-refractivity contribution in [3.63, 3.8) is 0 Å². The first-order valence-corrected chi connectivity index (χ1v) is 11.7. The van der Waals surface area contributed by atoms with Crippen molar-refractivity contribution in [2.75, 3.05) is 7.05 Å². The highest BCUT2D eigenvalue weighted by atomic mass is 19.1. The maximum absolute atomic E-state index is 13.1. The maximum Gasteiger partial charge on any atom is 0.273 e. The Kier molecular flexibility index (Phi) is 6.53. The number of aryl methyl sites for hydroxylation is 1. The number of aromatic nitrogens is 3. The van der Waals surface area contributed by atoms with Crippen LogP contribution in [0.4, 0.5) is 4.39 Å². The van der Waals surface area contributed by atoms with Crippen molar-refractivity contribution in [2.24, 2.45) is 0 Å². The molecule has 0 unspecified atom stereocenters. The van der Waals surface area contributed by atoms with Gasteiger partial charge in [0, 0.05) is 29.9 Å². The highest BCUT2D eigenvalue weighted by Crippen LogP contribution is 2.34. The molecule has 0 saturated carbocycles. The van der Waals surface area contributed by atoms with Crippen LogP contribution >= 0.6 is 0 Å². The predicted octanol–water partition coefficient (Wildman–Crippen LogP) is 3.78. The summed E-state index contributed by atoms with van der Waals surface area (Å²) in [5.74, 6) is -0.947. The molecule has 0 aliphatic carbocycles. The van der Waals surface area contributed by atoms with Crippen LogP contribution in [-0.4, -0.2) is 33.4 Å². The second kappa shape index (κ2) is 10.1. The molecule has 0 bridgehead atoms. The van der Waals surface area contributed by atoms with E-state index in [4.69, 9.17) is 4.42 Å². The normalized spacial score (nSPS) is 10.9. The van der Waals surface area contributed by atoms with E-state index in [-0.39, 0.29) is 18.1 Å². The number of pyridine rings is 1. The largest absolute Gasteiger partial charge is 0.455 e. The number of halogens is 1. The van der Waals surface area contributed by atoms with Crippen LogP contribution in [0.5, 0.6) is 0 Å². The molecule has 190 valence electrons. The second-order valence-electron chi connectivity index (χ2n) is 8.56. The Morgan fingerprint density at radius 2 is 1.79 bits per heavy atom. The lowest BCUT2D eigenvalue weighted by molar-refractivity contribution is 0.0942. The highest BCUT2D eigenvalue weighted by molar-refractivity contribution is 6.11. The Hall–Kier alpha value is -5.12. The number of amides is 2. The van der Waals surface area contributed by atoms with Crippen molar-refractivity contribution in [2.45, 2.75) is 13.5 Å². The summed E-state index contributed by atoms with van der Waals surface area (Å²) in [5.41, 5.74) is 3.01. The average molecular weight is 512 g/mol. The number of hydrogen-bond donors (Lipinski definition) is 2. The van der Waals surface area contributed by atoms with Crippen LogP contribution in [0.1, 0.15) is 32.1 Å². The monoisotopic (exact) mass is 511 g/mol. The van der Waals surface area contributed by atoms with Crippen LogP contribution in [0, 0.1) is 12.7 Å². The van der Waals surface area contributed by atoms with Gasteiger partial charge >= 0.3 is 0 Å². The van der Waals surface area contributed by atoms with Crippen molar-refractivity contribution in [1.82, 2.24) is 25.2 Å². The van der Waals surface area contributed by atoms with E-state index >= 15 is 0 Å². The molecular weight excluding hydrogens is 489 g/mol. The van der Waals surface area contributed by atoms with Crippen LogP contribution in [0.15, 0.2) is 82.4 Å². The van der Waals surface area contributed by atoms with Gasteiger partial charge in [0.15, 0.2) is 0 Å². The lowest BCUT2D eigenvalue weighted by atomic mass is 10.0. The first kappa shape index (κ1) is 24.6. The van der Waals surface area contributed by atoms with Gasteiger partial charge in [0.05, 0.1) is 30.2 Å². The van der Waals surface area contributed by atoms with Gasteiger partial charge in [-0.3, -0.25) is 23.9 Å². The van der Waals surface area contributed by atoms with Crippen LogP contribution in [0.25, 0.3) is 28.0 Å². The molecule has 38 heavy (non-hydrogen) atoms. The fraction of sp³-hybridized carbons (Fsp3) is 0.107. The summed E-state index contributed by atoms with van der Waals surface area (Å²) >= 11 is 0. The zero-order valence-electron chi connectivity index (χ0n) is 20.5. The number of nitrogens with one attached hydrogen (secondary N) is 2. The van der Waals surface area contributed by atoms with Gasteiger partial charge in [0.2, 0.25) is 0 Å². The number of furan rings is 1. The molecule has 3 heterocycles. The highest BCUT2D eigenvalue weighted by Gasteiger charge is 2.22. The molecule has 2 N–H and O–H groups in total. The van der Waals surface area contributed by atoms with Crippen molar-refractivity contribution in [3.8, 4) is 17.0 Å². The molecule has 5 rings (SSSR count). The minimum absolute atomic E-state index is 0.00845. The maximum atomic E-state index is 13.1. The summed E-state index contributed by atoms with van der Waals surface area (Å²) < 4.78 is 20.4. The van der Waals surface area contributed by atoms with E-state index < -0.39 is 17.3 Å². The SMILES string of the molecule is CNC(=O)c1c(-c2ccc(C)cc2)oc2ccc(-n3cc(C(=O)NCc4ccc(F)cn4)ncc3=O)cc12. The molecule has 0 saturated heterocycles. The van der Waals surface area contributed by atoms with Crippen LogP contribution in [-0.2, 0) is 6.54 Å². The molecule has 3 aromatic heterocycles. The van der Waals surface area contributed by atoms with E-state index in [1.54, 1.807) is 18.2 Å². The third-order valence-corrected chi connectivity index (χ3v) is 5.97. The van der Waals surface area contributed by atoms with Gasteiger partial charge in [0.25, 0.3) is 17.4 Å². The van der Waals surface area contributed by atoms with Gasteiger partial charge in [-0.25, -0.2) is 9.37 Å². The molecule has 0 radical (unpaired) electrons. The Balaban J connectivity index is 1.52. The molecule has 2 aromatic carbocycles. The van der Waals surface area contributed by atoms with E-state index in [1.807, 2.05) is 31.2 Å². The van der Waals surface area contributed by atoms with Crippen molar-refractivity contribution < 1.29 is 18.4 Å². The summed E-state index contributed by atoms with van der Waals surface area (Å²) in [6.45, 7) is 2.02. The fourth-order valence-corrected chi connectivity index (χ4v) is 3.99. The third kappa shape index (κ3) is 4.79. The molecule has 0 fully saturated rings. The van der Waals surface area contributed by atoms with Gasteiger partial charge in [-0.05, 0) is 37.3 Å². The van der Waals surface area contributed by atoms with E-state index in [2.05, 4.69) is 20.6 Å². The fourth-order valence-electron chi connectivity index (χ4n) is 3.99.